The molecule has 1 aromatic heterocycles. The number of carbonyl (C=O) groups is 3. The van der Waals surface area contributed by atoms with Gasteiger partial charge in [-0.25, -0.2) is 4.39 Å². The number of furan rings is 1. The van der Waals surface area contributed by atoms with Crippen molar-refractivity contribution in [3.63, 3.8) is 0 Å². The smallest absolute Gasteiger partial charge is 0.269 e. The van der Waals surface area contributed by atoms with Crippen LogP contribution in [0.5, 0.6) is 0 Å². The third-order valence-corrected chi connectivity index (χ3v) is 6.86. The summed E-state index contributed by atoms with van der Waals surface area (Å²) in [6.07, 6.45) is 1.51. The van der Waals surface area contributed by atoms with Gasteiger partial charge in [0, 0.05) is 11.3 Å². The van der Waals surface area contributed by atoms with E-state index in [1.807, 2.05) is 0 Å². The number of amides is 3. The highest BCUT2D eigenvalue weighted by Crippen LogP contribution is 2.55. The minimum absolute atomic E-state index is 0.0646. The van der Waals surface area contributed by atoms with Crippen LogP contribution in [-0.2, 0) is 25.8 Å². The Kier molecular flexibility index (Phi) is 4.97. The highest BCUT2D eigenvalue weighted by atomic mass is 32.2. The lowest BCUT2D eigenvalue weighted by atomic mass is 10.0. The monoisotopic (exact) mass is 451 g/mol. The van der Waals surface area contributed by atoms with Gasteiger partial charge in [0.2, 0.25) is 16.7 Å². The van der Waals surface area contributed by atoms with Gasteiger partial charge in [0.1, 0.15) is 18.1 Å². The third-order valence-electron chi connectivity index (χ3n) is 5.47. The van der Waals surface area contributed by atoms with Crippen LogP contribution in [0.3, 0.4) is 0 Å². The summed E-state index contributed by atoms with van der Waals surface area (Å²) in [5, 5.41) is 2.74. The summed E-state index contributed by atoms with van der Waals surface area (Å²) < 4.78 is 19.2. The lowest BCUT2D eigenvalue weighted by Gasteiger charge is -2.33. The normalized spacial score (nSPS) is 19.7. The molecule has 3 heterocycles. The van der Waals surface area contributed by atoms with Crippen molar-refractivity contribution in [2.24, 2.45) is 0 Å². The number of hydrogen-bond acceptors (Lipinski definition) is 5. The molecule has 7 nitrogen and oxygen atoms in total. The molecular weight excluding hydrogens is 433 g/mol. The van der Waals surface area contributed by atoms with Crippen molar-refractivity contribution in [3.8, 4) is 0 Å². The van der Waals surface area contributed by atoms with E-state index in [2.05, 4.69) is 5.32 Å². The number of thioether (sulfide) groups is 1. The van der Waals surface area contributed by atoms with Gasteiger partial charge >= 0.3 is 0 Å². The second-order valence-corrected chi connectivity index (χ2v) is 8.57. The molecule has 2 aliphatic rings. The van der Waals surface area contributed by atoms with Crippen LogP contribution in [0.15, 0.2) is 71.3 Å². The summed E-state index contributed by atoms with van der Waals surface area (Å²) in [6.45, 7) is -0.0205. The van der Waals surface area contributed by atoms with Crippen molar-refractivity contribution in [2.75, 3.05) is 22.1 Å². The summed E-state index contributed by atoms with van der Waals surface area (Å²) in [5.74, 6) is -0.921. The predicted octanol–water partition coefficient (Wildman–Crippen LogP) is 3.01. The van der Waals surface area contributed by atoms with Crippen LogP contribution < -0.4 is 15.1 Å². The van der Waals surface area contributed by atoms with Crippen LogP contribution in [0.1, 0.15) is 11.3 Å². The number of anilines is 2. The topological polar surface area (TPSA) is 82.9 Å². The Morgan fingerprint density at radius 3 is 2.75 bits per heavy atom. The second-order valence-electron chi connectivity index (χ2n) is 7.41. The lowest BCUT2D eigenvalue weighted by Crippen LogP contribution is -2.51. The number of benzene rings is 2. The fourth-order valence-electron chi connectivity index (χ4n) is 4.13. The zero-order valence-corrected chi connectivity index (χ0v) is 17.6. The summed E-state index contributed by atoms with van der Waals surface area (Å²) >= 11 is 1.18. The molecule has 9 heteroatoms. The highest BCUT2D eigenvalue weighted by molar-refractivity contribution is 8.02. The first-order chi connectivity index (χ1) is 15.5. The van der Waals surface area contributed by atoms with Gasteiger partial charge in [0.05, 0.1) is 24.2 Å². The molecule has 162 valence electrons. The number of hydrogen-bond donors (Lipinski definition) is 1. The minimum Gasteiger partial charge on any atom is -0.467 e. The SMILES string of the molecule is O=C(CN1C(=O)[C@]2(SCC(=O)N2c2cccc(F)c2)c2ccccc21)NCc1ccco1. The molecule has 1 saturated heterocycles. The summed E-state index contributed by atoms with van der Waals surface area (Å²) in [5.41, 5.74) is 1.45. The fraction of sp³-hybridized carbons (Fsp3) is 0.174. The molecule has 0 aliphatic carbocycles. The van der Waals surface area contributed by atoms with Gasteiger partial charge in [-0.15, -0.1) is 11.8 Å². The summed E-state index contributed by atoms with van der Waals surface area (Å²) in [4.78, 5) is 40.6. The minimum atomic E-state index is -1.39. The molecule has 5 rings (SSSR count). The standard InChI is InChI=1S/C23H18FN3O4S/c24-15-5-3-6-16(11-15)27-21(29)14-32-23(27)18-8-1-2-9-19(18)26(22(23)30)13-20(28)25-12-17-7-4-10-31-17/h1-11H,12-14H2,(H,25,28)/t23-/m1/s1. The molecule has 2 aliphatic heterocycles. The Morgan fingerprint density at radius 1 is 1.12 bits per heavy atom. The lowest BCUT2D eigenvalue weighted by molar-refractivity contribution is -0.125. The number of rotatable bonds is 5. The Balaban J connectivity index is 1.49. The van der Waals surface area contributed by atoms with E-state index in [0.29, 0.717) is 22.7 Å². The molecule has 1 N–H and O–H groups in total. The maximum atomic E-state index is 14.0. The molecule has 0 unspecified atom stereocenters. The molecule has 1 atom stereocenters. The summed E-state index contributed by atoms with van der Waals surface area (Å²) in [6, 6.07) is 16.1. The van der Waals surface area contributed by atoms with Crippen LogP contribution in [0, 0.1) is 5.82 Å². The van der Waals surface area contributed by atoms with Crippen LogP contribution in [0.4, 0.5) is 15.8 Å². The quantitative estimate of drug-likeness (QED) is 0.645. The maximum absolute atomic E-state index is 14.0. The van der Waals surface area contributed by atoms with E-state index in [4.69, 9.17) is 4.42 Å². The number of halogens is 1. The van der Waals surface area contributed by atoms with Crippen LogP contribution >= 0.6 is 11.8 Å². The Morgan fingerprint density at radius 2 is 1.97 bits per heavy atom. The van der Waals surface area contributed by atoms with E-state index in [1.54, 1.807) is 42.5 Å². The van der Waals surface area contributed by atoms with E-state index < -0.39 is 16.6 Å². The van der Waals surface area contributed by atoms with E-state index in [0.717, 1.165) is 0 Å². The van der Waals surface area contributed by atoms with Crippen LogP contribution in [-0.4, -0.2) is 30.0 Å². The number of fused-ring (bicyclic) bond motifs is 2. The first-order valence-electron chi connectivity index (χ1n) is 9.94. The average molecular weight is 451 g/mol. The van der Waals surface area contributed by atoms with E-state index in [1.165, 1.54) is 46.0 Å². The molecular formula is C23H18FN3O4S. The molecule has 0 radical (unpaired) electrons. The molecule has 3 amide bonds. The van der Waals surface area contributed by atoms with Gasteiger partial charge < -0.3 is 9.73 Å². The van der Waals surface area contributed by atoms with Gasteiger partial charge in [-0.1, -0.05) is 24.3 Å². The van der Waals surface area contributed by atoms with E-state index in [-0.39, 0.29) is 30.7 Å². The number of nitrogens with one attached hydrogen (secondary N) is 1. The third kappa shape index (κ3) is 3.16. The van der Waals surface area contributed by atoms with Crippen molar-refractivity contribution in [2.45, 2.75) is 11.4 Å². The fourth-order valence-corrected chi connectivity index (χ4v) is 5.49. The highest BCUT2D eigenvalue weighted by Gasteiger charge is 2.61. The molecule has 3 aromatic rings. The van der Waals surface area contributed by atoms with Gasteiger partial charge in [-0.05, 0) is 36.4 Å². The Bertz CT molecular complexity index is 1220. The number of para-hydroxylation sites is 1. The second kappa shape index (κ2) is 7.83. The van der Waals surface area contributed by atoms with Crippen molar-refractivity contribution in [1.29, 1.82) is 0 Å². The van der Waals surface area contributed by atoms with Crippen molar-refractivity contribution < 1.29 is 23.2 Å². The number of nitrogens with zero attached hydrogens (tertiary/aromatic N) is 2. The van der Waals surface area contributed by atoms with Gasteiger partial charge in [-0.3, -0.25) is 24.2 Å². The van der Waals surface area contributed by atoms with Crippen LogP contribution in [0.25, 0.3) is 0 Å². The first kappa shape index (κ1) is 20.3. The molecule has 32 heavy (non-hydrogen) atoms. The molecule has 0 bridgehead atoms. The average Bonchev–Trinajstić information content (AvgIpc) is 3.48. The number of carbonyl (C=O) groups excluding carboxylic acids is 3. The largest absolute Gasteiger partial charge is 0.467 e. The summed E-state index contributed by atoms with van der Waals surface area (Å²) in [7, 11) is 0. The van der Waals surface area contributed by atoms with E-state index in [9.17, 15) is 18.8 Å². The zero-order chi connectivity index (χ0) is 22.3. The molecule has 1 spiro atoms. The predicted molar refractivity (Wildman–Crippen MR) is 117 cm³/mol. The first-order valence-corrected chi connectivity index (χ1v) is 10.9. The molecule has 2 aromatic carbocycles. The van der Waals surface area contributed by atoms with Crippen molar-refractivity contribution >= 4 is 40.9 Å². The molecule has 0 saturated carbocycles. The van der Waals surface area contributed by atoms with Gasteiger partial charge in [0.15, 0.2) is 0 Å². The van der Waals surface area contributed by atoms with Crippen molar-refractivity contribution in [1.82, 2.24) is 5.32 Å². The van der Waals surface area contributed by atoms with Gasteiger partial charge in [0.25, 0.3) is 5.91 Å². The van der Waals surface area contributed by atoms with Crippen molar-refractivity contribution in [3.05, 3.63) is 84.1 Å². The van der Waals surface area contributed by atoms with Gasteiger partial charge in [-0.2, -0.15) is 0 Å². The maximum Gasteiger partial charge on any atom is 0.269 e. The Hall–Kier alpha value is -3.59. The van der Waals surface area contributed by atoms with Crippen LogP contribution in [0.2, 0.25) is 0 Å². The molecule has 1 fully saturated rings. The van der Waals surface area contributed by atoms with E-state index >= 15 is 0 Å². The zero-order valence-electron chi connectivity index (χ0n) is 16.8. The Labute approximate surface area is 187 Å².